The predicted molar refractivity (Wildman–Crippen MR) is 75.2 cm³/mol. The number of anilines is 1. The van der Waals surface area contributed by atoms with Crippen LogP contribution in [0.1, 0.15) is 24.6 Å². The van der Waals surface area contributed by atoms with E-state index in [9.17, 15) is 4.79 Å². The Labute approximate surface area is 115 Å². The van der Waals surface area contributed by atoms with Crippen molar-refractivity contribution < 1.29 is 4.79 Å². The Morgan fingerprint density at radius 3 is 3.16 bits per heavy atom. The SMILES string of the molecule is Cn1cccc1C1CCCN1C(=O)Nc1nccs1. The highest BCUT2D eigenvalue weighted by Gasteiger charge is 2.31. The largest absolute Gasteiger partial charge is 0.353 e. The highest BCUT2D eigenvalue weighted by Crippen LogP contribution is 2.32. The third kappa shape index (κ3) is 2.35. The lowest BCUT2D eigenvalue weighted by atomic mass is 10.1. The molecule has 1 N–H and O–H groups in total. The van der Waals surface area contributed by atoms with E-state index < -0.39 is 0 Å². The first-order chi connectivity index (χ1) is 9.25. The Balaban J connectivity index is 1.76. The molecule has 3 rings (SSSR count). The first-order valence-electron chi connectivity index (χ1n) is 6.34. The van der Waals surface area contributed by atoms with Gasteiger partial charge in [-0.3, -0.25) is 5.32 Å². The van der Waals surface area contributed by atoms with Crippen molar-refractivity contribution in [3.05, 3.63) is 35.6 Å². The maximum atomic E-state index is 12.3. The van der Waals surface area contributed by atoms with E-state index in [2.05, 4.69) is 20.9 Å². The van der Waals surface area contributed by atoms with Gasteiger partial charge in [0, 0.05) is 37.1 Å². The molecule has 1 saturated heterocycles. The summed E-state index contributed by atoms with van der Waals surface area (Å²) in [5.41, 5.74) is 1.19. The molecule has 2 amide bonds. The van der Waals surface area contributed by atoms with Gasteiger partial charge in [-0.2, -0.15) is 0 Å². The molecule has 3 heterocycles. The molecule has 0 bridgehead atoms. The summed E-state index contributed by atoms with van der Waals surface area (Å²) >= 11 is 1.44. The van der Waals surface area contributed by atoms with Gasteiger partial charge in [-0.15, -0.1) is 11.3 Å². The maximum Gasteiger partial charge on any atom is 0.324 e. The van der Waals surface area contributed by atoms with Crippen molar-refractivity contribution in [2.45, 2.75) is 18.9 Å². The summed E-state index contributed by atoms with van der Waals surface area (Å²) in [5.74, 6) is 0. The van der Waals surface area contributed by atoms with Gasteiger partial charge in [0.05, 0.1) is 6.04 Å². The topological polar surface area (TPSA) is 50.2 Å². The Hall–Kier alpha value is -1.82. The van der Waals surface area contributed by atoms with Gasteiger partial charge < -0.3 is 9.47 Å². The highest BCUT2D eigenvalue weighted by molar-refractivity contribution is 7.13. The molecule has 0 spiro atoms. The molecule has 19 heavy (non-hydrogen) atoms. The van der Waals surface area contributed by atoms with Crippen molar-refractivity contribution in [3.63, 3.8) is 0 Å². The number of aromatic nitrogens is 2. The molecule has 1 unspecified atom stereocenters. The van der Waals surface area contributed by atoms with Gasteiger partial charge in [0.1, 0.15) is 0 Å². The number of nitrogens with zero attached hydrogens (tertiary/aromatic N) is 3. The normalized spacial score (nSPS) is 18.8. The summed E-state index contributed by atoms with van der Waals surface area (Å²) < 4.78 is 2.08. The summed E-state index contributed by atoms with van der Waals surface area (Å²) in [4.78, 5) is 18.3. The van der Waals surface area contributed by atoms with Gasteiger partial charge in [-0.1, -0.05) is 0 Å². The number of amides is 2. The molecule has 2 aromatic rings. The van der Waals surface area contributed by atoms with Crippen LogP contribution in [0.5, 0.6) is 0 Å². The number of aryl methyl sites for hydroxylation is 1. The first kappa shape index (κ1) is 12.2. The van der Waals surface area contributed by atoms with Crippen molar-refractivity contribution in [2.75, 3.05) is 11.9 Å². The molecule has 5 nitrogen and oxygen atoms in total. The van der Waals surface area contributed by atoms with Crippen LogP contribution in [0.3, 0.4) is 0 Å². The van der Waals surface area contributed by atoms with E-state index in [0.29, 0.717) is 5.13 Å². The van der Waals surface area contributed by atoms with E-state index in [1.165, 1.54) is 17.0 Å². The minimum atomic E-state index is -0.0568. The number of hydrogen-bond donors (Lipinski definition) is 1. The molecular formula is C13H16N4OS. The van der Waals surface area contributed by atoms with Crippen LogP contribution < -0.4 is 5.32 Å². The van der Waals surface area contributed by atoms with E-state index >= 15 is 0 Å². The van der Waals surface area contributed by atoms with Gasteiger partial charge in [0.15, 0.2) is 5.13 Å². The molecule has 0 radical (unpaired) electrons. The Morgan fingerprint density at radius 2 is 2.47 bits per heavy atom. The molecule has 1 fully saturated rings. The van der Waals surface area contributed by atoms with Crippen LogP contribution in [0.15, 0.2) is 29.9 Å². The van der Waals surface area contributed by atoms with Crippen LogP contribution in [0.25, 0.3) is 0 Å². The zero-order valence-electron chi connectivity index (χ0n) is 10.7. The third-order valence-electron chi connectivity index (χ3n) is 3.49. The smallest absolute Gasteiger partial charge is 0.324 e. The van der Waals surface area contributed by atoms with Crippen molar-refractivity contribution in [3.8, 4) is 0 Å². The molecule has 0 aliphatic carbocycles. The standard InChI is InChI=1S/C13H16N4OS/c1-16-7-2-4-10(16)11-5-3-8-17(11)13(18)15-12-14-6-9-19-12/h2,4,6-7,9,11H,3,5,8H2,1H3,(H,14,15,18). The summed E-state index contributed by atoms with van der Waals surface area (Å²) in [6, 6.07) is 4.21. The quantitative estimate of drug-likeness (QED) is 0.917. The fourth-order valence-electron chi connectivity index (χ4n) is 2.59. The average Bonchev–Trinajstić information content (AvgIpc) is 3.07. The fourth-order valence-corrected chi connectivity index (χ4v) is 3.10. The molecule has 0 aromatic carbocycles. The molecule has 0 saturated carbocycles. The lowest BCUT2D eigenvalue weighted by Crippen LogP contribution is -2.35. The van der Waals surface area contributed by atoms with Crippen LogP contribution in [0, 0.1) is 0 Å². The summed E-state index contributed by atoms with van der Waals surface area (Å²) in [6.45, 7) is 0.799. The van der Waals surface area contributed by atoms with Crippen molar-refractivity contribution in [2.24, 2.45) is 7.05 Å². The van der Waals surface area contributed by atoms with E-state index in [4.69, 9.17) is 0 Å². The van der Waals surface area contributed by atoms with Crippen LogP contribution in [0.2, 0.25) is 0 Å². The number of likely N-dealkylation sites (tertiary alicyclic amines) is 1. The second kappa shape index (κ2) is 5.05. The lowest BCUT2D eigenvalue weighted by Gasteiger charge is -2.25. The molecular weight excluding hydrogens is 260 g/mol. The molecule has 1 aliphatic heterocycles. The number of rotatable bonds is 2. The number of urea groups is 1. The van der Waals surface area contributed by atoms with Crippen molar-refractivity contribution in [1.82, 2.24) is 14.5 Å². The van der Waals surface area contributed by atoms with E-state index in [0.717, 1.165) is 19.4 Å². The highest BCUT2D eigenvalue weighted by atomic mass is 32.1. The summed E-state index contributed by atoms with van der Waals surface area (Å²) in [5, 5.41) is 5.37. The van der Waals surface area contributed by atoms with Crippen molar-refractivity contribution in [1.29, 1.82) is 0 Å². The van der Waals surface area contributed by atoms with Gasteiger partial charge >= 0.3 is 6.03 Å². The molecule has 2 aromatic heterocycles. The van der Waals surface area contributed by atoms with Crippen LogP contribution in [-0.2, 0) is 7.05 Å². The summed E-state index contributed by atoms with van der Waals surface area (Å²) in [7, 11) is 2.02. The first-order valence-corrected chi connectivity index (χ1v) is 7.22. The van der Waals surface area contributed by atoms with Gasteiger partial charge in [0.25, 0.3) is 0 Å². The molecule has 1 atom stereocenters. The Bertz CT molecular complexity index is 563. The molecule has 6 heteroatoms. The third-order valence-corrected chi connectivity index (χ3v) is 4.17. The number of hydrogen-bond acceptors (Lipinski definition) is 3. The van der Waals surface area contributed by atoms with Gasteiger partial charge in [-0.05, 0) is 25.0 Å². The van der Waals surface area contributed by atoms with Crippen LogP contribution >= 0.6 is 11.3 Å². The van der Waals surface area contributed by atoms with Crippen LogP contribution in [-0.4, -0.2) is 27.0 Å². The molecule has 1 aliphatic rings. The second-order valence-corrected chi connectivity index (χ2v) is 5.56. The monoisotopic (exact) mass is 276 g/mol. The van der Waals surface area contributed by atoms with Crippen molar-refractivity contribution >= 4 is 22.5 Å². The second-order valence-electron chi connectivity index (χ2n) is 4.66. The van der Waals surface area contributed by atoms with E-state index in [1.807, 2.05) is 29.6 Å². The summed E-state index contributed by atoms with van der Waals surface area (Å²) in [6.07, 6.45) is 5.77. The lowest BCUT2D eigenvalue weighted by molar-refractivity contribution is 0.205. The predicted octanol–water partition coefficient (Wildman–Crippen LogP) is 2.85. The minimum Gasteiger partial charge on any atom is -0.353 e. The fraction of sp³-hybridized carbons (Fsp3) is 0.385. The van der Waals surface area contributed by atoms with E-state index in [-0.39, 0.29) is 12.1 Å². The van der Waals surface area contributed by atoms with Gasteiger partial charge in [0.2, 0.25) is 0 Å². The maximum absolute atomic E-state index is 12.3. The Kier molecular flexibility index (Phi) is 3.25. The average molecular weight is 276 g/mol. The minimum absolute atomic E-state index is 0.0568. The Morgan fingerprint density at radius 1 is 1.58 bits per heavy atom. The zero-order valence-corrected chi connectivity index (χ0v) is 11.6. The number of thiazole rings is 1. The zero-order chi connectivity index (χ0) is 13.2. The van der Waals surface area contributed by atoms with Gasteiger partial charge in [-0.25, -0.2) is 9.78 Å². The molecule has 100 valence electrons. The number of carbonyl (C=O) groups is 1. The van der Waals surface area contributed by atoms with Crippen LogP contribution in [0.4, 0.5) is 9.93 Å². The van der Waals surface area contributed by atoms with E-state index in [1.54, 1.807) is 6.20 Å². The number of nitrogens with one attached hydrogen (secondary N) is 1. The number of carbonyl (C=O) groups excluding carboxylic acids is 1.